The fourth-order valence-corrected chi connectivity index (χ4v) is 2.65. The van der Waals surface area contributed by atoms with Gasteiger partial charge in [-0.2, -0.15) is 0 Å². The summed E-state index contributed by atoms with van der Waals surface area (Å²) >= 11 is 0. The van der Waals surface area contributed by atoms with E-state index in [9.17, 15) is 9.59 Å². The van der Waals surface area contributed by atoms with Gasteiger partial charge in [-0.25, -0.2) is 0 Å². The molecule has 0 saturated heterocycles. The molecule has 1 atom stereocenters. The van der Waals surface area contributed by atoms with Crippen molar-refractivity contribution in [1.29, 1.82) is 0 Å². The summed E-state index contributed by atoms with van der Waals surface area (Å²) in [6, 6.07) is 17.4. The van der Waals surface area contributed by atoms with Gasteiger partial charge in [-0.3, -0.25) is 9.59 Å². The summed E-state index contributed by atoms with van der Waals surface area (Å²) in [7, 11) is 0. The second-order valence-corrected chi connectivity index (χ2v) is 6.41. The lowest BCUT2D eigenvalue weighted by Crippen LogP contribution is -2.36. The van der Waals surface area contributed by atoms with Crippen molar-refractivity contribution >= 4 is 11.9 Å². The van der Waals surface area contributed by atoms with Gasteiger partial charge in [-0.15, -0.1) is 0 Å². The largest absolute Gasteiger partial charge is 0.494 e. The van der Waals surface area contributed by atoms with E-state index in [2.05, 4.69) is 17.4 Å². The Balaban J connectivity index is 1.65. The van der Waals surface area contributed by atoms with Crippen LogP contribution in [0.3, 0.4) is 0 Å². The molecule has 0 heterocycles. The van der Waals surface area contributed by atoms with E-state index in [1.165, 1.54) is 5.56 Å². The van der Waals surface area contributed by atoms with Crippen LogP contribution in [-0.4, -0.2) is 31.1 Å². The third-order valence-corrected chi connectivity index (χ3v) is 4.06. The lowest BCUT2D eigenvalue weighted by atomic mass is 10.1. The first kappa shape index (κ1) is 20.5. The number of carbonyl (C=O) groups is 2. The third-order valence-electron chi connectivity index (χ3n) is 4.06. The van der Waals surface area contributed by atoms with Crippen LogP contribution in [0.15, 0.2) is 54.6 Å². The van der Waals surface area contributed by atoms with E-state index in [1.807, 2.05) is 56.3 Å². The monoisotopic (exact) mass is 369 g/mol. The van der Waals surface area contributed by atoms with Crippen LogP contribution >= 0.6 is 0 Å². The van der Waals surface area contributed by atoms with Crippen molar-refractivity contribution in [2.45, 2.75) is 39.2 Å². The molecular weight excluding hydrogens is 342 g/mol. The van der Waals surface area contributed by atoms with Crippen LogP contribution in [0.2, 0.25) is 0 Å². The molecule has 1 N–H and O–H groups in total. The molecule has 5 heteroatoms. The molecule has 0 aliphatic heterocycles. The number of benzene rings is 2. The topological polar surface area (TPSA) is 64.6 Å². The van der Waals surface area contributed by atoms with Gasteiger partial charge in [-0.05, 0) is 49.9 Å². The average Bonchev–Trinajstić information content (AvgIpc) is 2.67. The number of carbonyl (C=O) groups excluding carboxylic acids is 2. The van der Waals surface area contributed by atoms with E-state index >= 15 is 0 Å². The van der Waals surface area contributed by atoms with Crippen molar-refractivity contribution in [3.8, 4) is 5.75 Å². The Morgan fingerprint density at radius 3 is 2.37 bits per heavy atom. The second kappa shape index (κ2) is 11.0. The highest BCUT2D eigenvalue weighted by molar-refractivity contribution is 5.81. The molecule has 2 aromatic rings. The molecular formula is C22H27NO4. The molecule has 0 unspecified atom stereocenters. The highest BCUT2D eigenvalue weighted by atomic mass is 16.5. The fourth-order valence-electron chi connectivity index (χ4n) is 2.65. The van der Waals surface area contributed by atoms with E-state index < -0.39 is 5.97 Å². The van der Waals surface area contributed by atoms with Crippen LogP contribution in [0.1, 0.15) is 31.4 Å². The molecule has 0 aliphatic rings. The van der Waals surface area contributed by atoms with Crippen LogP contribution in [0.25, 0.3) is 0 Å². The SMILES string of the molecule is CCOc1ccc(CC(=O)OCC(=O)N[C@@H](C)CCc2ccccc2)cc1. The van der Waals surface area contributed by atoms with Crippen molar-refractivity contribution in [3.05, 3.63) is 65.7 Å². The summed E-state index contributed by atoms with van der Waals surface area (Å²) in [6.07, 6.45) is 1.85. The molecule has 2 rings (SSSR count). The molecule has 2 aromatic carbocycles. The molecule has 0 spiro atoms. The number of ether oxygens (including phenoxy) is 2. The minimum Gasteiger partial charge on any atom is -0.494 e. The minimum atomic E-state index is -0.425. The standard InChI is InChI=1S/C22H27NO4/c1-3-26-20-13-11-19(12-14-20)15-22(25)27-16-21(24)23-17(2)9-10-18-7-5-4-6-8-18/h4-8,11-14,17H,3,9-10,15-16H2,1-2H3,(H,23,24)/t17-/m0/s1. The van der Waals surface area contributed by atoms with Gasteiger partial charge in [0.25, 0.3) is 5.91 Å². The average molecular weight is 369 g/mol. The Labute approximate surface area is 160 Å². The molecule has 0 aliphatic carbocycles. The first-order chi connectivity index (χ1) is 13.1. The van der Waals surface area contributed by atoms with Crippen LogP contribution in [-0.2, 0) is 27.2 Å². The molecule has 0 fully saturated rings. The van der Waals surface area contributed by atoms with E-state index in [-0.39, 0.29) is 25.0 Å². The zero-order valence-corrected chi connectivity index (χ0v) is 15.9. The lowest BCUT2D eigenvalue weighted by Gasteiger charge is -2.14. The molecule has 0 saturated carbocycles. The maximum Gasteiger partial charge on any atom is 0.310 e. The van der Waals surface area contributed by atoms with Crippen LogP contribution in [0, 0.1) is 0 Å². The summed E-state index contributed by atoms with van der Waals surface area (Å²) in [5.74, 6) is 0.0559. The fraction of sp³-hybridized carbons (Fsp3) is 0.364. The van der Waals surface area contributed by atoms with E-state index in [1.54, 1.807) is 0 Å². The summed E-state index contributed by atoms with van der Waals surface area (Å²) in [4.78, 5) is 23.8. The number of hydrogen-bond acceptors (Lipinski definition) is 4. The van der Waals surface area contributed by atoms with Gasteiger partial charge < -0.3 is 14.8 Å². The first-order valence-corrected chi connectivity index (χ1v) is 9.27. The Kier molecular flexibility index (Phi) is 8.36. The van der Waals surface area contributed by atoms with Gasteiger partial charge in [-0.1, -0.05) is 42.5 Å². The summed E-state index contributed by atoms with van der Waals surface area (Å²) < 4.78 is 10.4. The highest BCUT2D eigenvalue weighted by Gasteiger charge is 2.11. The molecule has 27 heavy (non-hydrogen) atoms. The van der Waals surface area contributed by atoms with Gasteiger partial charge >= 0.3 is 5.97 Å². The molecule has 0 aromatic heterocycles. The van der Waals surface area contributed by atoms with Crippen LogP contribution in [0.5, 0.6) is 5.75 Å². The maximum atomic E-state index is 11.9. The molecule has 0 bridgehead atoms. The quantitative estimate of drug-likeness (QED) is 0.653. The van der Waals surface area contributed by atoms with E-state index in [0.717, 1.165) is 24.2 Å². The molecule has 5 nitrogen and oxygen atoms in total. The summed E-state index contributed by atoms with van der Waals surface area (Å²) in [6.45, 7) is 4.20. The third kappa shape index (κ3) is 7.94. The van der Waals surface area contributed by atoms with Gasteiger partial charge in [0.1, 0.15) is 5.75 Å². The predicted octanol–water partition coefficient (Wildman–Crippen LogP) is 3.31. The van der Waals surface area contributed by atoms with Crippen LogP contribution in [0.4, 0.5) is 0 Å². The highest BCUT2D eigenvalue weighted by Crippen LogP contribution is 2.12. The smallest absolute Gasteiger partial charge is 0.310 e. The van der Waals surface area contributed by atoms with Crippen molar-refractivity contribution < 1.29 is 19.1 Å². The van der Waals surface area contributed by atoms with Crippen molar-refractivity contribution in [1.82, 2.24) is 5.32 Å². The van der Waals surface area contributed by atoms with Gasteiger partial charge in [0, 0.05) is 6.04 Å². The Hall–Kier alpha value is -2.82. The number of nitrogens with one attached hydrogen (secondary N) is 1. The van der Waals surface area contributed by atoms with E-state index in [0.29, 0.717) is 6.61 Å². The number of amides is 1. The summed E-state index contributed by atoms with van der Waals surface area (Å²) in [5, 5.41) is 2.86. The van der Waals surface area contributed by atoms with Crippen LogP contribution < -0.4 is 10.1 Å². The Morgan fingerprint density at radius 1 is 1.00 bits per heavy atom. The zero-order valence-electron chi connectivity index (χ0n) is 15.9. The second-order valence-electron chi connectivity index (χ2n) is 6.41. The zero-order chi connectivity index (χ0) is 19.5. The number of hydrogen-bond donors (Lipinski definition) is 1. The minimum absolute atomic E-state index is 0.0162. The van der Waals surface area contributed by atoms with Gasteiger partial charge in [0.05, 0.1) is 13.0 Å². The maximum absolute atomic E-state index is 11.9. The van der Waals surface area contributed by atoms with Crippen molar-refractivity contribution in [2.75, 3.05) is 13.2 Å². The Morgan fingerprint density at radius 2 is 1.70 bits per heavy atom. The predicted molar refractivity (Wildman–Crippen MR) is 105 cm³/mol. The van der Waals surface area contributed by atoms with Crippen molar-refractivity contribution in [3.63, 3.8) is 0 Å². The number of rotatable bonds is 10. The first-order valence-electron chi connectivity index (χ1n) is 9.27. The number of aryl methyl sites for hydroxylation is 1. The summed E-state index contributed by atoms with van der Waals surface area (Å²) in [5.41, 5.74) is 2.06. The normalized spacial score (nSPS) is 11.5. The van der Waals surface area contributed by atoms with E-state index in [4.69, 9.17) is 9.47 Å². The Bertz CT molecular complexity index is 713. The lowest BCUT2D eigenvalue weighted by molar-refractivity contribution is -0.148. The van der Waals surface area contributed by atoms with Gasteiger partial charge in [0.2, 0.25) is 0 Å². The number of esters is 1. The molecule has 1 amide bonds. The van der Waals surface area contributed by atoms with Gasteiger partial charge in [0.15, 0.2) is 6.61 Å². The molecule has 0 radical (unpaired) electrons. The van der Waals surface area contributed by atoms with Crippen molar-refractivity contribution in [2.24, 2.45) is 0 Å². The molecule has 144 valence electrons.